The van der Waals surface area contributed by atoms with Crippen LogP contribution in [0.15, 0.2) is 182 Å². The van der Waals surface area contributed by atoms with Crippen molar-refractivity contribution in [3.63, 3.8) is 0 Å². The van der Waals surface area contributed by atoms with E-state index in [1.165, 1.54) is 41.4 Å². The molecule has 8 bridgehead atoms. The molecule has 6 heterocycles. The normalized spacial score (nSPS) is 16.6. The van der Waals surface area contributed by atoms with Gasteiger partial charge in [0.1, 0.15) is 0 Å². The summed E-state index contributed by atoms with van der Waals surface area (Å²) in [5.74, 6) is 1.98. The van der Waals surface area contributed by atoms with Gasteiger partial charge in [0.25, 0.3) is 5.56 Å². The van der Waals surface area contributed by atoms with E-state index in [9.17, 15) is 0 Å². The van der Waals surface area contributed by atoms with Crippen molar-refractivity contribution in [3.8, 4) is 11.6 Å². The van der Waals surface area contributed by atoms with Gasteiger partial charge in [0.15, 0.2) is 0 Å². The molecule has 7 aromatic carbocycles. The number of aromatic nitrogens is 2. The SMILES string of the molecule is CC(C)CCCC(C)CC1=C2C=CC(=N2)/C(=c2\ccc3c4ccc5c(=O)n(-c6c(C(C)C)cccc6C(C)C)c([O-])c6ccc(c7cccc2c73)c4c65)c2ccc([n-]2)C(CC(C)CCCC(C)C)=C2C=CC(=N2)C(c2cc(C(C)(C)C)cc(C(C)(C)C)c2)=C2C=CC1=N2.[Ni+2]. The molecule has 0 fully saturated rings. The summed E-state index contributed by atoms with van der Waals surface area (Å²) in [7, 11) is 0. The zero-order valence-corrected chi connectivity index (χ0v) is 59.3. The number of fused-ring (bicyclic) bond motifs is 7. The van der Waals surface area contributed by atoms with Crippen LogP contribution in [-0.2, 0) is 27.3 Å². The van der Waals surface area contributed by atoms with Crippen molar-refractivity contribution in [2.45, 2.75) is 185 Å². The number of nitrogens with zero attached hydrogens (tertiary/aromatic N) is 5. The van der Waals surface area contributed by atoms with Crippen LogP contribution in [0.2, 0.25) is 0 Å². The van der Waals surface area contributed by atoms with Crippen molar-refractivity contribution < 1.29 is 21.6 Å². The number of allylic oxidation sites excluding steroid dienone is 9. The Kier molecular flexibility index (Phi) is 18.0. The van der Waals surface area contributed by atoms with E-state index in [2.05, 4.69) is 238 Å². The van der Waals surface area contributed by atoms with Crippen LogP contribution in [0, 0.1) is 23.7 Å². The van der Waals surface area contributed by atoms with E-state index in [4.69, 9.17) is 20.0 Å². The van der Waals surface area contributed by atoms with Gasteiger partial charge in [-0.25, -0.2) is 15.0 Å². The third kappa shape index (κ3) is 12.1. The third-order valence-corrected chi connectivity index (χ3v) is 20.3. The minimum Gasteiger partial charge on any atom is -0.859 e. The summed E-state index contributed by atoms with van der Waals surface area (Å²) in [6, 6.07) is 37.1. The van der Waals surface area contributed by atoms with Crippen LogP contribution in [0.5, 0.6) is 5.88 Å². The van der Waals surface area contributed by atoms with Gasteiger partial charge in [0, 0.05) is 21.9 Å². The van der Waals surface area contributed by atoms with Crippen molar-refractivity contribution >= 4 is 87.7 Å². The van der Waals surface area contributed by atoms with Gasteiger partial charge in [-0.3, -0.25) is 9.36 Å². The largest absolute Gasteiger partial charge is 2.00 e. The minimum absolute atomic E-state index is 0. The maximum Gasteiger partial charge on any atom is 2.00 e. The fourth-order valence-electron chi connectivity index (χ4n) is 15.2. The number of hydrogen-bond acceptors (Lipinski definition) is 5. The number of aliphatic imine (C=N–C) groups is 3. The Morgan fingerprint density at radius 2 is 0.936 bits per heavy atom. The number of benzene rings is 7. The fraction of sp³-hybridized carbons (Fsp3) is 0.372. The molecule has 0 N–H and O–H groups in total. The summed E-state index contributed by atoms with van der Waals surface area (Å²) in [6.45, 7) is 36.5. The van der Waals surface area contributed by atoms with E-state index < -0.39 is 0 Å². The second-order valence-corrected chi connectivity index (χ2v) is 31.1. The number of rotatable bonds is 16. The molecule has 4 aliphatic heterocycles. The van der Waals surface area contributed by atoms with Gasteiger partial charge in [-0.2, -0.15) is 0 Å². The Morgan fingerprint density at radius 3 is 1.53 bits per heavy atom. The molecule has 2 atom stereocenters. The zero-order chi connectivity index (χ0) is 65.7. The van der Waals surface area contributed by atoms with Crippen LogP contribution >= 0.6 is 0 Å². The summed E-state index contributed by atoms with van der Waals surface area (Å²) in [4.78, 5) is 38.3. The first-order chi connectivity index (χ1) is 44.3. The van der Waals surface area contributed by atoms with Crippen LogP contribution in [-0.4, -0.2) is 21.7 Å². The Bertz CT molecular complexity index is 4860. The first-order valence-electron chi connectivity index (χ1n) is 34.7. The molecule has 0 saturated carbocycles. The van der Waals surface area contributed by atoms with E-state index in [0.717, 1.165) is 159 Å². The Hall–Kier alpha value is -7.93. The summed E-state index contributed by atoms with van der Waals surface area (Å²) < 4.78 is 1.47. The molecule has 9 aromatic rings. The minimum atomic E-state index is -0.282. The van der Waals surface area contributed by atoms with Gasteiger partial charge < -0.3 is 10.1 Å². The number of hydrogen-bond donors (Lipinski definition) is 0. The van der Waals surface area contributed by atoms with Crippen molar-refractivity contribution in [1.29, 1.82) is 0 Å². The quantitative estimate of drug-likeness (QED) is 0.0548. The average molecular weight is 1290 g/mol. The fourth-order valence-corrected chi connectivity index (χ4v) is 15.2. The second kappa shape index (κ2) is 25.7. The van der Waals surface area contributed by atoms with Crippen molar-refractivity contribution in [2.24, 2.45) is 38.6 Å². The first kappa shape index (κ1) is 66.1. The van der Waals surface area contributed by atoms with Crippen LogP contribution in [0.4, 0.5) is 0 Å². The standard InChI is InChI=1S/C86H95N5O2.Ni/c1-48(2)21-17-23-52(9)43-67-69-35-39-73(87-69)77(54-45-55(85(11,12)13)47-56(46-54)86(14,15)16)74-40-36-70(88-74)68(44-53(10)24-18-22-49(3)4)72-38-42-76(90-72)81(75-41-37-71(67)89-75)64-30-29-61-63-32-34-66-80-65(33-31-62(79(63)80)59-27-20-28-60(64)78(59)61)83(92)91(84(66)93)82-57(50(5)6)25-19-26-58(82)51(7)8;/h19-20,25-42,45-53H,17-18,21-24,43-44H2,1-16H3,(H2,87,88,89,90,92,93);/q;+2/p-2. The van der Waals surface area contributed by atoms with Crippen LogP contribution in [0.3, 0.4) is 0 Å². The van der Waals surface area contributed by atoms with Gasteiger partial charge in [-0.05, 0) is 195 Å². The molecule has 0 aliphatic carbocycles. The molecule has 13 rings (SSSR count). The summed E-state index contributed by atoms with van der Waals surface area (Å²) in [5, 5.41) is 25.3. The van der Waals surface area contributed by atoms with Crippen molar-refractivity contribution in [3.05, 3.63) is 217 Å². The van der Waals surface area contributed by atoms with E-state index in [-0.39, 0.29) is 50.6 Å². The molecule has 0 amide bonds. The predicted octanol–water partition coefficient (Wildman–Crippen LogP) is 21.0. The van der Waals surface area contributed by atoms with E-state index in [1.807, 2.05) is 12.1 Å². The summed E-state index contributed by atoms with van der Waals surface area (Å²) in [5.41, 5.74) is 17.5. The van der Waals surface area contributed by atoms with E-state index in [1.54, 1.807) is 0 Å². The third-order valence-electron chi connectivity index (χ3n) is 20.3. The average Bonchev–Trinajstić information content (AvgIpc) is 1.01. The maximum atomic E-state index is 15.2. The zero-order valence-electron chi connectivity index (χ0n) is 58.3. The van der Waals surface area contributed by atoms with Crippen molar-refractivity contribution in [2.75, 3.05) is 0 Å². The molecule has 2 aromatic heterocycles. The molecule has 4 aliphatic rings. The smallest absolute Gasteiger partial charge is 0.859 e. The maximum absolute atomic E-state index is 15.2. The molecule has 8 heteroatoms. The first-order valence-corrected chi connectivity index (χ1v) is 34.7. The molecule has 484 valence electrons. The molecular weight excluding hydrogens is 1190 g/mol. The molecule has 0 saturated heterocycles. The predicted molar refractivity (Wildman–Crippen MR) is 395 cm³/mol. The molecule has 0 spiro atoms. The van der Waals surface area contributed by atoms with Gasteiger partial charge in [-0.15, -0.1) is 11.4 Å². The molecule has 94 heavy (non-hydrogen) atoms. The van der Waals surface area contributed by atoms with Crippen LogP contribution in [0.25, 0.3) is 76.3 Å². The van der Waals surface area contributed by atoms with Gasteiger partial charge >= 0.3 is 16.5 Å². The Labute approximate surface area is 567 Å². The second-order valence-electron chi connectivity index (χ2n) is 31.1. The van der Waals surface area contributed by atoms with Gasteiger partial charge in [0.05, 0.1) is 39.9 Å². The van der Waals surface area contributed by atoms with E-state index >= 15 is 9.90 Å². The molecule has 0 radical (unpaired) electrons. The number of para-hydroxylation sites is 1. The molecular formula is C86H93N5NiO2. The van der Waals surface area contributed by atoms with Gasteiger partial charge in [0.2, 0.25) is 0 Å². The Balaban J connectivity index is 0.00000848. The van der Waals surface area contributed by atoms with Crippen molar-refractivity contribution in [1.82, 2.24) is 9.55 Å². The van der Waals surface area contributed by atoms with Crippen LogP contribution < -0.4 is 20.9 Å². The molecule has 2 unspecified atom stereocenters. The van der Waals surface area contributed by atoms with Crippen LogP contribution in [0.1, 0.15) is 213 Å². The summed E-state index contributed by atoms with van der Waals surface area (Å²) in [6.07, 6.45) is 22.0. The topological polar surface area (TPSA) is 96.2 Å². The number of pyridine rings is 1. The molecule has 7 nitrogen and oxygen atoms in total. The van der Waals surface area contributed by atoms with E-state index in [0.29, 0.717) is 40.1 Å². The van der Waals surface area contributed by atoms with Gasteiger partial charge in [-0.1, -0.05) is 246 Å². The Morgan fingerprint density at radius 1 is 0.468 bits per heavy atom. The monoisotopic (exact) mass is 1290 g/mol. The summed E-state index contributed by atoms with van der Waals surface area (Å²) >= 11 is 0.